The summed E-state index contributed by atoms with van der Waals surface area (Å²) in [7, 11) is -4.30. The topological polar surface area (TPSA) is 86.8 Å². The highest BCUT2D eigenvalue weighted by Gasteiger charge is 2.35. The van der Waals surface area contributed by atoms with Crippen molar-refractivity contribution in [3.63, 3.8) is 0 Å². The Bertz CT molecular complexity index is 1750. The van der Waals surface area contributed by atoms with Gasteiger partial charge in [0.1, 0.15) is 12.6 Å². The minimum Gasteiger partial charge on any atom is -0.354 e. The quantitative estimate of drug-likeness (QED) is 0.152. The van der Waals surface area contributed by atoms with Crippen LogP contribution in [0, 0.1) is 5.92 Å². The van der Waals surface area contributed by atoms with E-state index in [1.54, 1.807) is 36.4 Å². The lowest BCUT2D eigenvalue weighted by molar-refractivity contribution is -0.140. The van der Waals surface area contributed by atoms with Crippen molar-refractivity contribution in [2.45, 2.75) is 37.8 Å². The second kappa shape index (κ2) is 16.0. The molecular weight excluding hydrogens is 688 g/mol. The van der Waals surface area contributed by atoms with Gasteiger partial charge >= 0.3 is 0 Å². The first kappa shape index (κ1) is 35.6. The molecule has 242 valence electrons. The average Bonchev–Trinajstić information content (AvgIpc) is 3.01. The van der Waals surface area contributed by atoms with Crippen molar-refractivity contribution in [1.82, 2.24) is 10.2 Å². The van der Waals surface area contributed by atoms with E-state index in [4.69, 9.17) is 46.4 Å². The Kier molecular flexibility index (Phi) is 12.4. The van der Waals surface area contributed by atoms with Crippen molar-refractivity contribution in [1.29, 1.82) is 0 Å². The zero-order valence-electron chi connectivity index (χ0n) is 25.2. The molecule has 0 aliphatic rings. The molecular formula is C34H33Cl4N3O4S. The van der Waals surface area contributed by atoms with Crippen LogP contribution in [0.2, 0.25) is 20.1 Å². The molecule has 0 aliphatic carbocycles. The van der Waals surface area contributed by atoms with Gasteiger partial charge in [0.05, 0.1) is 10.6 Å². The molecule has 2 amide bonds. The third kappa shape index (κ3) is 9.39. The third-order valence-electron chi connectivity index (χ3n) is 7.06. The second-order valence-electron chi connectivity index (χ2n) is 11.1. The summed E-state index contributed by atoms with van der Waals surface area (Å²) in [5, 5.41) is 4.01. The van der Waals surface area contributed by atoms with Crippen LogP contribution < -0.4 is 9.62 Å². The van der Waals surface area contributed by atoms with E-state index < -0.39 is 28.5 Å². The van der Waals surface area contributed by atoms with Gasteiger partial charge in [0.15, 0.2) is 0 Å². The number of nitrogens with zero attached hydrogens (tertiary/aromatic N) is 2. The summed E-state index contributed by atoms with van der Waals surface area (Å²) in [5.74, 6) is -0.892. The van der Waals surface area contributed by atoms with Gasteiger partial charge in [0, 0.05) is 39.6 Å². The molecule has 4 rings (SSSR count). The van der Waals surface area contributed by atoms with Crippen LogP contribution in [0.4, 0.5) is 5.69 Å². The third-order valence-corrected chi connectivity index (χ3v) is 9.87. The number of carbonyl (C=O) groups is 2. The van der Waals surface area contributed by atoms with E-state index in [-0.39, 0.29) is 45.4 Å². The van der Waals surface area contributed by atoms with Gasteiger partial charge in [-0.1, -0.05) is 115 Å². The standard InChI is InChI=1S/C34H33Cl4N3O4S/c1-23(2)20-39-34(43)32(15-24-9-5-3-6-10-24)40(21-25-13-14-26(35)19-31(25)38)33(42)22-41(29-17-27(36)16-28(37)18-29)46(44,45)30-11-7-4-8-12-30/h3-14,16-19,23,32H,15,20-22H2,1-2H3,(H,39,43)/t32-/m1/s1. The number of hydrogen-bond acceptors (Lipinski definition) is 4. The molecule has 0 saturated heterocycles. The van der Waals surface area contributed by atoms with Gasteiger partial charge in [0.25, 0.3) is 10.0 Å². The zero-order valence-corrected chi connectivity index (χ0v) is 29.0. The predicted octanol–water partition coefficient (Wildman–Crippen LogP) is 7.91. The normalized spacial score (nSPS) is 12.1. The number of benzene rings is 4. The van der Waals surface area contributed by atoms with Crippen LogP contribution in [0.1, 0.15) is 25.0 Å². The summed E-state index contributed by atoms with van der Waals surface area (Å²) in [6.07, 6.45) is 0.163. The van der Waals surface area contributed by atoms with Gasteiger partial charge < -0.3 is 10.2 Å². The Morgan fingerprint density at radius 3 is 1.98 bits per heavy atom. The SMILES string of the molecule is CC(C)CNC(=O)[C@@H](Cc1ccccc1)N(Cc1ccc(Cl)cc1Cl)C(=O)CN(c1cc(Cl)cc(Cl)c1)S(=O)(=O)c1ccccc1. The summed E-state index contributed by atoms with van der Waals surface area (Å²) in [5.41, 5.74) is 1.42. The Labute approximate surface area is 290 Å². The van der Waals surface area contributed by atoms with E-state index in [1.165, 1.54) is 35.2 Å². The molecule has 7 nitrogen and oxygen atoms in total. The molecule has 0 spiro atoms. The first-order chi connectivity index (χ1) is 21.8. The molecule has 0 aliphatic heterocycles. The van der Waals surface area contributed by atoms with Crippen LogP contribution >= 0.6 is 46.4 Å². The van der Waals surface area contributed by atoms with Gasteiger partial charge in [-0.3, -0.25) is 13.9 Å². The number of anilines is 1. The molecule has 1 atom stereocenters. The number of sulfonamides is 1. The molecule has 46 heavy (non-hydrogen) atoms. The average molecular weight is 722 g/mol. The second-order valence-corrected chi connectivity index (χ2v) is 14.6. The highest BCUT2D eigenvalue weighted by Crippen LogP contribution is 2.31. The van der Waals surface area contributed by atoms with Gasteiger partial charge in [-0.25, -0.2) is 8.42 Å². The van der Waals surface area contributed by atoms with E-state index >= 15 is 0 Å². The Morgan fingerprint density at radius 2 is 1.39 bits per heavy atom. The molecule has 4 aromatic rings. The zero-order chi connectivity index (χ0) is 33.4. The lowest BCUT2D eigenvalue weighted by Crippen LogP contribution is -2.53. The Balaban J connectivity index is 1.83. The maximum atomic E-state index is 14.5. The molecule has 0 fully saturated rings. The minimum atomic E-state index is -4.30. The smallest absolute Gasteiger partial charge is 0.264 e. The Morgan fingerprint density at radius 1 is 0.783 bits per heavy atom. The molecule has 0 radical (unpaired) electrons. The summed E-state index contributed by atoms with van der Waals surface area (Å²) >= 11 is 25.3. The van der Waals surface area contributed by atoms with Gasteiger partial charge in [-0.05, 0) is 59.5 Å². The van der Waals surface area contributed by atoms with Crippen LogP contribution in [0.15, 0.2) is 102 Å². The van der Waals surface area contributed by atoms with Crippen molar-refractivity contribution in [2.24, 2.45) is 5.92 Å². The van der Waals surface area contributed by atoms with Gasteiger partial charge in [-0.2, -0.15) is 0 Å². The Hall–Kier alpha value is -3.27. The van der Waals surface area contributed by atoms with Crippen molar-refractivity contribution in [3.05, 3.63) is 128 Å². The molecule has 0 unspecified atom stereocenters. The molecule has 0 aromatic heterocycles. The van der Waals surface area contributed by atoms with Crippen molar-refractivity contribution < 1.29 is 18.0 Å². The fourth-order valence-electron chi connectivity index (χ4n) is 4.74. The number of carbonyl (C=O) groups excluding carboxylic acids is 2. The van der Waals surface area contributed by atoms with E-state index in [2.05, 4.69) is 5.32 Å². The number of hydrogen-bond donors (Lipinski definition) is 1. The summed E-state index contributed by atoms with van der Waals surface area (Å²) < 4.78 is 29.1. The highest BCUT2D eigenvalue weighted by atomic mass is 35.5. The number of nitrogens with one attached hydrogen (secondary N) is 1. The number of halogens is 4. The largest absolute Gasteiger partial charge is 0.354 e. The van der Waals surface area contributed by atoms with Gasteiger partial charge in [0.2, 0.25) is 11.8 Å². The molecule has 0 saturated carbocycles. The van der Waals surface area contributed by atoms with Crippen molar-refractivity contribution >= 4 is 73.9 Å². The van der Waals surface area contributed by atoms with Crippen molar-refractivity contribution in [2.75, 3.05) is 17.4 Å². The summed E-state index contributed by atoms with van der Waals surface area (Å²) in [6.45, 7) is 3.54. The van der Waals surface area contributed by atoms with E-state index in [0.717, 1.165) is 9.87 Å². The molecule has 0 heterocycles. The highest BCUT2D eigenvalue weighted by molar-refractivity contribution is 7.92. The first-order valence-corrected chi connectivity index (χ1v) is 17.4. The lowest BCUT2D eigenvalue weighted by Gasteiger charge is -2.34. The maximum Gasteiger partial charge on any atom is 0.264 e. The molecule has 12 heteroatoms. The van der Waals surface area contributed by atoms with Crippen LogP contribution in [-0.2, 0) is 32.6 Å². The molecule has 1 N–H and O–H groups in total. The van der Waals surface area contributed by atoms with Crippen LogP contribution in [0.25, 0.3) is 0 Å². The first-order valence-electron chi connectivity index (χ1n) is 14.4. The summed E-state index contributed by atoms with van der Waals surface area (Å²) in [6, 6.07) is 25.1. The fourth-order valence-corrected chi connectivity index (χ4v) is 7.14. The van der Waals surface area contributed by atoms with Crippen LogP contribution in [0.5, 0.6) is 0 Å². The lowest BCUT2D eigenvalue weighted by atomic mass is 10.0. The fraction of sp³-hybridized carbons (Fsp3) is 0.235. The van der Waals surface area contributed by atoms with Gasteiger partial charge in [-0.15, -0.1) is 0 Å². The van der Waals surface area contributed by atoms with Crippen LogP contribution in [-0.4, -0.2) is 44.3 Å². The van der Waals surface area contributed by atoms with Crippen molar-refractivity contribution in [3.8, 4) is 0 Å². The molecule has 0 bridgehead atoms. The number of amides is 2. The minimum absolute atomic E-state index is 0.0401. The van der Waals surface area contributed by atoms with E-state index in [1.807, 2.05) is 44.2 Å². The predicted molar refractivity (Wildman–Crippen MR) is 186 cm³/mol. The monoisotopic (exact) mass is 719 g/mol. The van der Waals surface area contributed by atoms with E-state index in [0.29, 0.717) is 22.2 Å². The molecule has 4 aromatic carbocycles. The summed E-state index contributed by atoms with van der Waals surface area (Å²) in [4.78, 5) is 29.7. The van der Waals surface area contributed by atoms with Crippen LogP contribution in [0.3, 0.4) is 0 Å². The van der Waals surface area contributed by atoms with E-state index in [9.17, 15) is 18.0 Å². The maximum absolute atomic E-state index is 14.5. The number of rotatable bonds is 13.